The van der Waals surface area contributed by atoms with Gasteiger partial charge >= 0.3 is 0 Å². The van der Waals surface area contributed by atoms with E-state index in [1.54, 1.807) is 22.2 Å². The minimum atomic E-state index is -0.888. The number of hydrogen-bond acceptors (Lipinski definition) is 6. The first kappa shape index (κ1) is 15.5. The van der Waals surface area contributed by atoms with E-state index in [1.165, 1.54) is 0 Å². The van der Waals surface area contributed by atoms with Crippen LogP contribution in [0.4, 0.5) is 5.13 Å². The van der Waals surface area contributed by atoms with Crippen molar-refractivity contribution in [3.8, 4) is 0 Å². The van der Waals surface area contributed by atoms with E-state index in [2.05, 4.69) is 20.3 Å². The Balaban J connectivity index is 1.49. The lowest BCUT2D eigenvalue weighted by Gasteiger charge is -2.34. The summed E-state index contributed by atoms with van der Waals surface area (Å²) in [6, 6.07) is 0.444. The van der Waals surface area contributed by atoms with Gasteiger partial charge in [-0.05, 0) is 19.8 Å². The molecule has 6 nitrogen and oxygen atoms in total. The van der Waals surface area contributed by atoms with Crippen LogP contribution >= 0.6 is 11.3 Å². The van der Waals surface area contributed by atoms with E-state index in [0.717, 1.165) is 36.6 Å². The van der Waals surface area contributed by atoms with Crippen LogP contribution in [-0.4, -0.2) is 45.5 Å². The van der Waals surface area contributed by atoms with Crippen molar-refractivity contribution in [2.75, 3.05) is 24.5 Å². The Labute approximate surface area is 134 Å². The molecule has 1 saturated heterocycles. The molecule has 0 amide bonds. The predicted octanol–water partition coefficient (Wildman–Crippen LogP) is 1.34. The van der Waals surface area contributed by atoms with Crippen molar-refractivity contribution >= 4 is 16.5 Å². The SMILES string of the molecule is Cn1cc([C@@](C)(O)CNC2CCN(c3nccs3)CC2)cn1. The van der Waals surface area contributed by atoms with Crippen LogP contribution in [0.25, 0.3) is 0 Å². The zero-order chi connectivity index (χ0) is 15.6. The molecule has 0 aliphatic carbocycles. The van der Waals surface area contributed by atoms with Crippen molar-refractivity contribution in [2.24, 2.45) is 7.05 Å². The predicted molar refractivity (Wildman–Crippen MR) is 88.1 cm³/mol. The molecule has 22 heavy (non-hydrogen) atoms. The van der Waals surface area contributed by atoms with Crippen molar-refractivity contribution in [3.05, 3.63) is 29.5 Å². The Morgan fingerprint density at radius 1 is 1.45 bits per heavy atom. The quantitative estimate of drug-likeness (QED) is 0.870. The number of thiazole rings is 1. The topological polar surface area (TPSA) is 66.2 Å². The first-order valence-corrected chi connectivity index (χ1v) is 8.52. The summed E-state index contributed by atoms with van der Waals surface area (Å²) in [4.78, 5) is 6.70. The molecule has 3 rings (SSSR count). The highest BCUT2D eigenvalue weighted by Gasteiger charge is 2.27. The van der Waals surface area contributed by atoms with E-state index < -0.39 is 5.60 Å². The van der Waals surface area contributed by atoms with Crippen LogP contribution in [0.3, 0.4) is 0 Å². The van der Waals surface area contributed by atoms with Crippen LogP contribution in [0.1, 0.15) is 25.3 Å². The number of nitrogens with one attached hydrogen (secondary N) is 1. The number of nitrogens with zero attached hydrogens (tertiary/aromatic N) is 4. The van der Waals surface area contributed by atoms with Gasteiger partial charge in [-0.15, -0.1) is 11.3 Å². The van der Waals surface area contributed by atoms with E-state index in [1.807, 2.05) is 31.7 Å². The fourth-order valence-electron chi connectivity index (χ4n) is 2.79. The molecule has 1 aliphatic rings. The van der Waals surface area contributed by atoms with Crippen LogP contribution in [0, 0.1) is 0 Å². The fourth-order valence-corrected chi connectivity index (χ4v) is 3.49. The Morgan fingerprint density at radius 2 is 2.23 bits per heavy atom. The smallest absolute Gasteiger partial charge is 0.185 e. The summed E-state index contributed by atoms with van der Waals surface area (Å²) < 4.78 is 1.72. The zero-order valence-corrected chi connectivity index (χ0v) is 13.9. The summed E-state index contributed by atoms with van der Waals surface area (Å²) in [5.41, 5.74) is -0.0385. The lowest BCUT2D eigenvalue weighted by molar-refractivity contribution is 0.0527. The summed E-state index contributed by atoms with van der Waals surface area (Å²) in [6.45, 7) is 4.41. The third-order valence-electron chi connectivity index (χ3n) is 4.25. The van der Waals surface area contributed by atoms with Crippen molar-refractivity contribution in [1.82, 2.24) is 20.1 Å². The lowest BCUT2D eigenvalue weighted by atomic mass is 9.98. The molecule has 1 fully saturated rings. The third kappa shape index (κ3) is 3.48. The van der Waals surface area contributed by atoms with Gasteiger partial charge in [-0.25, -0.2) is 4.98 Å². The Hall–Kier alpha value is -1.44. The van der Waals surface area contributed by atoms with Gasteiger partial charge in [0.15, 0.2) is 5.13 Å². The highest BCUT2D eigenvalue weighted by Crippen LogP contribution is 2.23. The van der Waals surface area contributed by atoms with Gasteiger partial charge in [-0.2, -0.15) is 5.10 Å². The lowest BCUT2D eigenvalue weighted by Crippen LogP contribution is -2.46. The molecule has 2 aromatic heterocycles. The highest BCUT2D eigenvalue weighted by atomic mass is 32.1. The number of anilines is 1. The molecule has 7 heteroatoms. The molecule has 1 aliphatic heterocycles. The van der Waals surface area contributed by atoms with Crippen LogP contribution in [0.5, 0.6) is 0 Å². The van der Waals surface area contributed by atoms with Crippen molar-refractivity contribution in [2.45, 2.75) is 31.4 Å². The molecule has 0 unspecified atom stereocenters. The Kier molecular flexibility index (Phi) is 4.46. The van der Waals surface area contributed by atoms with Crippen molar-refractivity contribution < 1.29 is 5.11 Å². The third-order valence-corrected chi connectivity index (χ3v) is 5.08. The van der Waals surface area contributed by atoms with Gasteiger partial charge in [0.05, 0.1) is 6.20 Å². The Morgan fingerprint density at radius 3 is 2.82 bits per heavy atom. The van der Waals surface area contributed by atoms with E-state index in [-0.39, 0.29) is 0 Å². The van der Waals surface area contributed by atoms with E-state index in [4.69, 9.17) is 0 Å². The van der Waals surface area contributed by atoms with Gasteiger partial charge in [0.1, 0.15) is 5.60 Å². The molecule has 0 radical (unpaired) electrons. The molecule has 0 aromatic carbocycles. The minimum Gasteiger partial charge on any atom is -0.384 e. The van der Waals surface area contributed by atoms with Crippen LogP contribution in [0.15, 0.2) is 24.0 Å². The Bertz CT molecular complexity index is 587. The molecular weight excluding hydrogens is 298 g/mol. The maximum Gasteiger partial charge on any atom is 0.185 e. The summed E-state index contributed by atoms with van der Waals surface area (Å²) in [7, 11) is 1.86. The number of aromatic nitrogens is 3. The molecule has 3 heterocycles. The van der Waals surface area contributed by atoms with Crippen LogP contribution in [-0.2, 0) is 12.6 Å². The number of aliphatic hydroxyl groups is 1. The molecule has 1 atom stereocenters. The average Bonchev–Trinajstić information content (AvgIpc) is 3.17. The zero-order valence-electron chi connectivity index (χ0n) is 13.1. The normalized spacial score (nSPS) is 19.3. The maximum atomic E-state index is 10.6. The van der Waals surface area contributed by atoms with Gasteiger partial charge in [-0.1, -0.05) is 0 Å². The van der Waals surface area contributed by atoms with Crippen molar-refractivity contribution in [3.63, 3.8) is 0 Å². The number of rotatable bonds is 5. The van der Waals surface area contributed by atoms with Gasteiger partial charge in [0, 0.05) is 56.1 Å². The first-order chi connectivity index (χ1) is 10.5. The van der Waals surface area contributed by atoms with Gasteiger partial charge in [0.2, 0.25) is 0 Å². The average molecular weight is 321 g/mol. The number of piperidine rings is 1. The maximum absolute atomic E-state index is 10.6. The molecule has 0 bridgehead atoms. The first-order valence-electron chi connectivity index (χ1n) is 7.64. The largest absolute Gasteiger partial charge is 0.384 e. The molecule has 0 spiro atoms. The van der Waals surface area contributed by atoms with Crippen LogP contribution < -0.4 is 10.2 Å². The fraction of sp³-hybridized carbons (Fsp3) is 0.600. The minimum absolute atomic E-state index is 0.444. The van der Waals surface area contributed by atoms with E-state index >= 15 is 0 Å². The summed E-state index contributed by atoms with van der Waals surface area (Å²) in [5.74, 6) is 0. The monoisotopic (exact) mass is 321 g/mol. The molecule has 2 aromatic rings. The number of aryl methyl sites for hydroxylation is 1. The standard InChI is InChI=1S/C15H23N5OS/c1-15(21,12-9-18-19(2)10-12)11-17-13-3-6-20(7-4-13)14-16-5-8-22-14/h5,8-10,13,17,21H,3-4,6-7,11H2,1-2H3/t15-/m0/s1. The summed E-state index contributed by atoms with van der Waals surface area (Å²) >= 11 is 1.69. The molecule has 0 saturated carbocycles. The van der Waals surface area contributed by atoms with Crippen LogP contribution in [0.2, 0.25) is 0 Å². The second kappa shape index (κ2) is 6.36. The number of hydrogen-bond donors (Lipinski definition) is 2. The second-order valence-corrected chi connectivity index (χ2v) is 7.01. The summed E-state index contributed by atoms with van der Waals surface area (Å²) in [6.07, 6.45) is 7.60. The van der Waals surface area contributed by atoms with Gasteiger partial charge < -0.3 is 15.3 Å². The summed E-state index contributed by atoms with van der Waals surface area (Å²) in [5, 5.41) is 21.4. The second-order valence-electron chi connectivity index (χ2n) is 6.13. The molecular formula is C15H23N5OS. The highest BCUT2D eigenvalue weighted by molar-refractivity contribution is 7.13. The van der Waals surface area contributed by atoms with E-state index in [9.17, 15) is 5.11 Å². The van der Waals surface area contributed by atoms with E-state index in [0.29, 0.717) is 12.6 Å². The van der Waals surface area contributed by atoms with Gasteiger partial charge in [-0.3, -0.25) is 4.68 Å². The van der Waals surface area contributed by atoms with Gasteiger partial charge in [0.25, 0.3) is 0 Å². The van der Waals surface area contributed by atoms with Crippen molar-refractivity contribution in [1.29, 1.82) is 0 Å². The molecule has 120 valence electrons. The molecule has 2 N–H and O–H groups in total.